The molecule has 4 aliphatic rings. The van der Waals surface area contributed by atoms with E-state index in [0.717, 1.165) is 85.3 Å². The van der Waals surface area contributed by atoms with E-state index in [2.05, 4.69) is 60.8 Å². The Morgan fingerprint density at radius 1 is 0.930 bits per heavy atom. The number of H-pyrrole nitrogens is 2. The van der Waals surface area contributed by atoms with Crippen LogP contribution in [0.4, 0.5) is 5.69 Å². The van der Waals surface area contributed by atoms with Crippen LogP contribution in [0.15, 0.2) is 42.0 Å². The van der Waals surface area contributed by atoms with Crippen LogP contribution in [-0.2, 0) is 33.3 Å². The average Bonchev–Trinajstić information content (AvgIpc) is 3.85. The molecular formula is C46H46N6O5. The second-order valence-corrected chi connectivity index (χ2v) is 16.0. The summed E-state index contributed by atoms with van der Waals surface area (Å²) < 4.78 is 0. The van der Waals surface area contributed by atoms with Crippen molar-refractivity contribution < 1.29 is 24.6 Å². The van der Waals surface area contributed by atoms with Gasteiger partial charge in [0.2, 0.25) is 0 Å². The van der Waals surface area contributed by atoms with Gasteiger partial charge >= 0.3 is 11.9 Å². The Morgan fingerprint density at radius 3 is 2.23 bits per heavy atom. The molecule has 1 aromatic carbocycles. The highest BCUT2D eigenvalue weighted by atomic mass is 16.4. The third-order valence-corrected chi connectivity index (χ3v) is 13.4. The lowest BCUT2D eigenvalue weighted by molar-refractivity contribution is -0.137. The molecule has 3 aliphatic heterocycles. The second kappa shape index (κ2) is 13.4. The molecule has 4 N–H and O–H groups in total. The number of anilines is 1. The normalized spacial score (nSPS) is 20.6. The predicted molar refractivity (Wildman–Crippen MR) is 221 cm³/mol. The number of likely N-dealkylation sites (N-methyl/N-ethyl adjacent to an activating group) is 1. The molecule has 290 valence electrons. The lowest BCUT2D eigenvalue weighted by Crippen LogP contribution is -2.63. The molecule has 4 aromatic rings. The molecule has 11 nitrogen and oxygen atoms in total. The minimum Gasteiger partial charge on any atom is -0.481 e. The third kappa shape index (κ3) is 5.26. The van der Waals surface area contributed by atoms with Crippen molar-refractivity contribution >= 4 is 63.2 Å². The molecule has 3 aromatic heterocycles. The summed E-state index contributed by atoms with van der Waals surface area (Å²) in [5.74, 6) is -1.84. The first kappa shape index (κ1) is 37.6. The molecule has 0 radical (unpaired) electrons. The summed E-state index contributed by atoms with van der Waals surface area (Å²) in [7, 11) is 2.01. The van der Waals surface area contributed by atoms with E-state index in [1.165, 1.54) is 0 Å². The molecule has 0 saturated heterocycles. The van der Waals surface area contributed by atoms with Gasteiger partial charge in [-0.1, -0.05) is 13.8 Å². The zero-order chi connectivity index (χ0) is 40.7. The van der Waals surface area contributed by atoms with Crippen molar-refractivity contribution in [3.05, 3.63) is 104 Å². The number of aryl methyl sites for hydroxylation is 4. The number of carbonyl (C=O) groups is 3. The van der Waals surface area contributed by atoms with Gasteiger partial charge in [0.1, 0.15) is 6.29 Å². The van der Waals surface area contributed by atoms with Gasteiger partial charge in [0.25, 0.3) is 0 Å². The zero-order valence-corrected chi connectivity index (χ0v) is 33.3. The molecule has 0 saturated carbocycles. The van der Waals surface area contributed by atoms with Crippen molar-refractivity contribution in [2.24, 2.45) is 0 Å². The van der Waals surface area contributed by atoms with Crippen LogP contribution in [0.5, 0.6) is 0 Å². The van der Waals surface area contributed by atoms with E-state index in [4.69, 9.17) is 9.97 Å². The number of nitriles is 1. The molecule has 0 amide bonds. The van der Waals surface area contributed by atoms with Gasteiger partial charge in [-0.05, 0) is 135 Å². The molecule has 8 rings (SSSR count). The SMILES string of the molecule is CCc1c(C)c2cc3[nH]c(cc4nc(c5c6nc(cc1[nH]2)C1(C)c2cc(C=O)ccc2N(C)C(C(C#N)=C5)C61CC)C(C)=C4CCC(=O)O)c(CCC(=O)O)c3C. The molecule has 8 bridgehead atoms. The van der Waals surface area contributed by atoms with Crippen LogP contribution in [0, 0.1) is 25.2 Å². The molecule has 3 atom stereocenters. The lowest BCUT2D eigenvalue weighted by Gasteiger charge is -2.58. The Labute approximate surface area is 330 Å². The maximum absolute atomic E-state index is 12.4. The van der Waals surface area contributed by atoms with E-state index in [9.17, 15) is 29.9 Å². The topological polar surface area (TPSA) is 176 Å². The number of aromatic amines is 2. The fraction of sp³-hybridized carbons (Fsp3) is 0.348. The first-order chi connectivity index (χ1) is 27.2. The largest absolute Gasteiger partial charge is 0.481 e. The maximum Gasteiger partial charge on any atom is 0.303 e. The number of carboxylic acids is 2. The van der Waals surface area contributed by atoms with E-state index >= 15 is 0 Å². The fourth-order valence-corrected chi connectivity index (χ4v) is 10.5. The molecule has 3 unspecified atom stereocenters. The van der Waals surface area contributed by atoms with E-state index in [0.29, 0.717) is 40.0 Å². The minimum atomic E-state index is -0.933. The summed E-state index contributed by atoms with van der Waals surface area (Å²) >= 11 is 0. The van der Waals surface area contributed by atoms with Gasteiger partial charge in [0.05, 0.1) is 51.3 Å². The number of aldehydes is 1. The van der Waals surface area contributed by atoms with Gasteiger partial charge in [-0.25, -0.2) is 4.98 Å². The van der Waals surface area contributed by atoms with Crippen molar-refractivity contribution in [1.29, 1.82) is 5.26 Å². The fourth-order valence-electron chi connectivity index (χ4n) is 10.5. The number of nitrogens with zero attached hydrogens (tertiary/aromatic N) is 4. The Balaban J connectivity index is 1.62. The van der Waals surface area contributed by atoms with Gasteiger partial charge < -0.3 is 25.1 Å². The Bertz CT molecular complexity index is 2740. The summed E-state index contributed by atoms with van der Waals surface area (Å²) in [6, 6.07) is 14.1. The smallest absolute Gasteiger partial charge is 0.303 e. The number of hydrogen-bond acceptors (Lipinski definition) is 7. The van der Waals surface area contributed by atoms with Gasteiger partial charge in [0.15, 0.2) is 0 Å². The van der Waals surface area contributed by atoms with Crippen LogP contribution in [0.25, 0.3) is 39.3 Å². The quantitative estimate of drug-likeness (QED) is 0.122. The highest BCUT2D eigenvalue weighted by molar-refractivity contribution is 5.97. The number of rotatable bonds is 9. The Hall–Kier alpha value is -6.28. The van der Waals surface area contributed by atoms with Crippen molar-refractivity contribution in [3.8, 4) is 6.07 Å². The molecule has 6 heterocycles. The van der Waals surface area contributed by atoms with Crippen LogP contribution in [0.2, 0.25) is 0 Å². The van der Waals surface area contributed by atoms with Crippen LogP contribution in [0.1, 0.15) is 120 Å². The number of hydrogen-bond donors (Lipinski definition) is 4. The number of nitrogens with one attached hydrogen (secondary N) is 2. The molecule has 1 aliphatic carbocycles. The Morgan fingerprint density at radius 2 is 1.60 bits per heavy atom. The number of allylic oxidation sites excluding steroid dienone is 2. The monoisotopic (exact) mass is 762 g/mol. The van der Waals surface area contributed by atoms with E-state index < -0.39 is 28.8 Å². The van der Waals surface area contributed by atoms with Gasteiger partial charge in [-0.3, -0.25) is 19.4 Å². The van der Waals surface area contributed by atoms with Gasteiger partial charge in [-0.2, -0.15) is 5.26 Å². The van der Waals surface area contributed by atoms with E-state index in [1.807, 2.05) is 51.2 Å². The van der Waals surface area contributed by atoms with Crippen LogP contribution >= 0.6 is 0 Å². The highest BCUT2D eigenvalue weighted by Gasteiger charge is 2.66. The molecule has 0 spiro atoms. The van der Waals surface area contributed by atoms with Crippen molar-refractivity contribution in [2.75, 3.05) is 11.9 Å². The molecular weight excluding hydrogens is 717 g/mol. The summed E-state index contributed by atoms with van der Waals surface area (Å²) in [5.41, 5.74) is 13.8. The van der Waals surface area contributed by atoms with Crippen LogP contribution in [-0.4, -0.2) is 61.5 Å². The highest BCUT2D eigenvalue weighted by Crippen LogP contribution is 2.64. The van der Waals surface area contributed by atoms with Crippen molar-refractivity contribution in [1.82, 2.24) is 19.9 Å². The summed E-state index contributed by atoms with van der Waals surface area (Å²) in [6.45, 7) is 12.5. The van der Waals surface area contributed by atoms with Crippen LogP contribution in [0.3, 0.4) is 0 Å². The molecule has 57 heavy (non-hydrogen) atoms. The summed E-state index contributed by atoms with van der Waals surface area (Å²) in [5, 5.41) is 30.6. The zero-order valence-electron chi connectivity index (χ0n) is 33.3. The number of carboxylic acid groups (broad SMARTS) is 2. The van der Waals surface area contributed by atoms with E-state index in [1.54, 1.807) is 0 Å². The number of carbonyl (C=O) groups excluding carboxylic acids is 1. The molecule has 11 heteroatoms. The molecule has 0 fully saturated rings. The second-order valence-electron chi connectivity index (χ2n) is 16.0. The number of benzene rings is 1. The minimum absolute atomic E-state index is 0.0623. The van der Waals surface area contributed by atoms with Crippen molar-refractivity contribution in [3.63, 3.8) is 0 Å². The van der Waals surface area contributed by atoms with E-state index in [-0.39, 0.29) is 25.7 Å². The first-order valence-corrected chi connectivity index (χ1v) is 19.6. The van der Waals surface area contributed by atoms with Gasteiger partial charge in [0, 0.05) is 58.8 Å². The lowest BCUT2D eigenvalue weighted by atomic mass is 9.50. The van der Waals surface area contributed by atoms with Crippen LogP contribution < -0.4 is 4.90 Å². The Kier molecular flexibility index (Phi) is 8.87. The number of fused-ring (bicyclic) bond motifs is 11. The van der Waals surface area contributed by atoms with Gasteiger partial charge in [-0.15, -0.1) is 0 Å². The predicted octanol–water partition coefficient (Wildman–Crippen LogP) is 8.51. The number of aromatic nitrogens is 4. The number of aliphatic carboxylic acids is 2. The summed E-state index contributed by atoms with van der Waals surface area (Å²) in [6.07, 6.45) is 4.48. The first-order valence-electron chi connectivity index (χ1n) is 19.6. The standard InChI is InChI=1S/C46H46N6O5/c1-8-28-23(3)33-18-34-24(4)29(11-14-40(54)55)35(48-34)19-36-30(12-15-41(56)57)25(5)42(50-36)31-17-27(21-47)44-46(9-2)43(31)51-39(20-37(28)49-33)45(46,6)32-16-26(22-53)10-13-38(32)52(44)7/h10,13,16-20,22,44,48-49H,8-9,11-12,14-15H2,1-7H3,(H,54,55)(H,56,57). The maximum atomic E-state index is 12.4. The van der Waals surface area contributed by atoms with Crippen molar-refractivity contribution in [2.45, 2.75) is 96.9 Å². The summed E-state index contributed by atoms with van der Waals surface area (Å²) in [4.78, 5) is 56.7. The average molecular weight is 763 g/mol. The third-order valence-electron chi connectivity index (χ3n) is 13.4.